The zero-order valence-corrected chi connectivity index (χ0v) is 11.5. The summed E-state index contributed by atoms with van der Waals surface area (Å²) in [6, 6.07) is 4.92. The van der Waals surface area contributed by atoms with Gasteiger partial charge < -0.3 is 4.42 Å². The molecule has 6 nitrogen and oxygen atoms in total. The molecule has 0 spiro atoms. The summed E-state index contributed by atoms with van der Waals surface area (Å²) in [4.78, 5) is 28.5. The van der Waals surface area contributed by atoms with Gasteiger partial charge in [0, 0.05) is 15.8 Å². The molecule has 0 aliphatic rings. The number of aryl methyl sites for hydroxylation is 1. The van der Waals surface area contributed by atoms with Crippen LogP contribution in [0.3, 0.4) is 0 Å². The van der Waals surface area contributed by atoms with Crippen molar-refractivity contribution in [2.45, 2.75) is 6.92 Å². The molecule has 104 valence electrons. The fourth-order valence-electron chi connectivity index (χ4n) is 2.65. The zero-order valence-electron chi connectivity index (χ0n) is 10.8. The van der Waals surface area contributed by atoms with Crippen LogP contribution in [-0.4, -0.2) is 15.2 Å². The van der Waals surface area contributed by atoms with Crippen LogP contribution in [0.4, 0.5) is 0 Å². The van der Waals surface area contributed by atoms with Gasteiger partial charge in [-0.05, 0) is 25.1 Å². The van der Waals surface area contributed by atoms with Gasteiger partial charge in [0.25, 0.3) is 5.56 Å². The molecule has 4 rings (SSSR count). The van der Waals surface area contributed by atoms with E-state index in [9.17, 15) is 9.59 Å². The molecule has 0 amide bonds. The molecule has 0 bridgehead atoms. The van der Waals surface area contributed by atoms with Gasteiger partial charge in [0.2, 0.25) is 0 Å². The number of rotatable bonds is 0. The van der Waals surface area contributed by atoms with E-state index >= 15 is 0 Å². The summed E-state index contributed by atoms with van der Waals surface area (Å²) in [7, 11) is 0. The van der Waals surface area contributed by atoms with Crippen molar-refractivity contribution in [1.82, 2.24) is 15.2 Å². The maximum Gasteiger partial charge on any atom is 0.346 e. The van der Waals surface area contributed by atoms with E-state index in [0.717, 1.165) is 0 Å². The quantitative estimate of drug-likeness (QED) is 0.385. The standard InChI is InChI=1S/C14H8ClN3O3/c1-5-9-10(11-12(16-5)17-18-13(11)19)7-4-6(15)2-3-8(7)21-14(9)20/h2-4H,1H3,(H2,16,17,18,19). The van der Waals surface area contributed by atoms with Crippen molar-refractivity contribution in [2.75, 3.05) is 0 Å². The second kappa shape index (κ2) is 3.95. The lowest BCUT2D eigenvalue weighted by atomic mass is 10.0. The van der Waals surface area contributed by atoms with E-state index in [-0.39, 0.29) is 5.56 Å². The van der Waals surface area contributed by atoms with Crippen LogP contribution in [0, 0.1) is 6.92 Å². The molecule has 0 saturated carbocycles. The van der Waals surface area contributed by atoms with Crippen LogP contribution in [0.5, 0.6) is 0 Å². The highest BCUT2D eigenvalue weighted by Crippen LogP contribution is 2.30. The van der Waals surface area contributed by atoms with Gasteiger partial charge in [-0.25, -0.2) is 9.78 Å². The topological polar surface area (TPSA) is 91.8 Å². The predicted molar refractivity (Wildman–Crippen MR) is 80.0 cm³/mol. The van der Waals surface area contributed by atoms with Crippen LogP contribution < -0.4 is 11.2 Å². The van der Waals surface area contributed by atoms with Gasteiger partial charge in [0.05, 0.1) is 16.5 Å². The number of aromatic nitrogens is 3. The SMILES string of the molecule is Cc1nc2[nH][nH]c(=O)c2c2c1c(=O)oc1ccc(Cl)cc12. The molecular weight excluding hydrogens is 294 g/mol. The Morgan fingerprint density at radius 1 is 1.14 bits per heavy atom. The number of H-pyrrole nitrogens is 2. The number of benzene rings is 1. The van der Waals surface area contributed by atoms with Gasteiger partial charge in [-0.15, -0.1) is 0 Å². The van der Waals surface area contributed by atoms with Gasteiger partial charge >= 0.3 is 5.63 Å². The van der Waals surface area contributed by atoms with Crippen molar-refractivity contribution >= 4 is 44.4 Å². The van der Waals surface area contributed by atoms with Crippen molar-refractivity contribution in [2.24, 2.45) is 0 Å². The van der Waals surface area contributed by atoms with Crippen LogP contribution in [0.15, 0.2) is 32.2 Å². The fraction of sp³-hybridized carbons (Fsp3) is 0.0714. The molecule has 21 heavy (non-hydrogen) atoms. The zero-order chi connectivity index (χ0) is 14.7. The second-order valence-corrected chi connectivity index (χ2v) is 5.22. The molecular formula is C14H8ClN3O3. The van der Waals surface area contributed by atoms with Crippen molar-refractivity contribution < 1.29 is 4.42 Å². The van der Waals surface area contributed by atoms with E-state index in [1.165, 1.54) is 0 Å². The first kappa shape index (κ1) is 12.2. The molecule has 0 atom stereocenters. The number of hydrogen-bond donors (Lipinski definition) is 2. The highest BCUT2D eigenvalue weighted by atomic mass is 35.5. The van der Waals surface area contributed by atoms with Crippen molar-refractivity contribution in [1.29, 1.82) is 0 Å². The molecule has 2 N–H and O–H groups in total. The Kier molecular flexibility index (Phi) is 2.29. The molecule has 0 fully saturated rings. The van der Waals surface area contributed by atoms with Gasteiger partial charge in [0.1, 0.15) is 5.58 Å². The highest BCUT2D eigenvalue weighted by molar-refractivity contribution is 6.32. The molecule has 4 aromatic rings. The second-order valence-electron chi connectivity index (χ2n) is 4.78. The summed E-state index contributed by atoms with van der Waals surface area (Å²) in [6.45, 7) is 1.69. The monoisotopic (exact) mass is 301 g/mol. The Bertz CT molecular complexity index is 1150. The number of aromatic amines is 2. The lowest BCUT2D eigenvalue weighted by Crippen LogP contribution is -2.06. The molecule has 0 radical (unpaired) electrons. The average Bonchev–Trinajstić information content (AvgIpc) is 2.80. The molecule has 0 aliphatic heterocycles. The van der Waals surface area contributed by atoms with Crippen LogP contribution >= 0.6 is 11.6 Å². The largest absolute Gasteiger partial charge is 0.422 e. The first-order chi connectivity index (χ1) is 10.1. The normalized spacial score (nSPS) is 11.7. The highest BCUT2D eigenvalue weighted by Gasteiger charge is 2.17. The lowest BCUT2D eigenvalue weighted by molar-refractivity contribution is 0.569. The van der Waals surface area contributed by atoms with E-state index in [0.29, 0.717) is 43.5 Å². The van der Waals surface area contributed by atoms with Crippen LogP contribution in [0.2, 0.25) is 5.02 Å². The van der Waals surface area contributed by atoms with Crippen molar-refractivity contribution in [3.63, 3.8) is 0 Å². The summed E-state index contributed by atoms with van der Waals surface area (Å²) in [6.07, 6.45) is 0. The lowest BCUT2D eigenvalue weighted by Gasteiger charge is -2.05. The summed E-state index contributed by atoms with van der Waals surface area (Å²) < 4.78 is 5.30. The predicted octanol–water partition coefficient (Wildman–Crippen LogP) is 2.47. The van der Waals surface area contributed by atoms with Crippen LogP contribution in [-0.2, 0) is 0 Å². The van der Waals surface area contributed by atoms with Gasteiger partial charge in [-0.1, -0.05) is 11.6 Å². The summed E-state index contributed by atoms with van der Waals surface area (Å²) in [5, 5.41) is 7.42. The Morgan fingerprint density at radius 2 is 1.95 bits per heavy atom. The van der Waals surface area contributed by atoms with E-state index in [1.807, 2.05) is 0 Å². The third-order valence-electron chi connectivity index (χ3n) is 3.52. The minimum Gasteiger partial charge on any atom is -0.422 e. The summed E-state index contributed by atoms with van der Waals surface area (Å²) in [5.74, 6) is 0. The van der Waals surface area contributed by atoms with Gasteiger partial charge in [0.15, 0.2) is 5.65 Å². The van der Waals surface area contributed by atoms with Gasteiger partial charge in [-0.3, -0.25) is 15.0 Å². The van der Waals surface area contributed by atoms with Crippen LogP contribution in [0.25, 0.3) is 32.8 Å². The minimum atomic E-state index is -0.521. The minimum absolute atomic E-state index is 0.294. The number of pyridine rings is 1. The molecule has 7 heteroatoms. The van der Waals surface area contributed by atoms with Crippen molar-refractivity contribution in [3.8, 4) is 0 Å². The molecule has 3 heterocycles. The van der Waals surface area contributed by atoms with Crippen LogP contribution in [0.1, 0.15) is 5.69 Å². The maximum atomic E-state index is 12.2. The van der Waals surface area contributed by atoms with E-state index in [1.54, 1.807) is 25.1 Å². The number of nitrogens with zero attached hydrogens (tertiary/aromatic N) is 1. The molecule has 1 aromatic carbocycles. The molecule has 3 aromatic heterocycles. The number of halogens is 1. The van der Waals surface area contributed by atoms with E-state index in [2.05, 4.69) is 15.2 Å². The molecule has 0 aliphatic carbocycles. The Balaban J connectivity index is 2.51. The summed E-state index contributed by atoms with van der Waals surface area (Å²) in [5.41, 5.74) is 0.409. The number of fused-ring (bicyclic) bond motifs is 5. The Hall–Kier alpha value is -2.60. The molecule has 0 unspecified atom stereocenters. The van der Waals surface area contributed by atoms with Crippen molar-refractivity contribution in [3.05, 3.63) is 49.7 Å². The number of hydrogen-bond acceptors (Lipinski definition) is 4. The Morgan fingerprint density at radius 3 is 2.76 bits per heavy atom. The van der Waals surface area contributed by atoms with Gasteiger partial charge in [-0.2, -0.15) is 0 Å². The average molecular weight is 302 g/mol. The smallest absolute Gasteiger partial charge is 0.346 e. The first-order valence-corrected chi connectivity index (χ1v) is 6.57. The summed E-state index contributed by atoms with van der Waals surface area (Å²) >= 11 is 6.03. The fourth-order valence-corrected chi connectivity index (χ4v) is 2.82. The third kappa shape index (κ3) is 1.56. The third-order valence-corrected chi connectivity index (χ3v) is 3.75. The van der Waals surface area contributed by atoms with E-state index in [4.69, 9.17) is 16.0 Å². The first-order valence-electron chi connectivity index (χ1n) is 6.19. The number of nitrogens with one attached hydrogen (secondary N) is 2. The maximum absolute atomic E-state index is 12.2. The van der Waals surface area contributed by atoms with E-state index < -0.39 is 5.63 Å². The Labute approximate surface area is 121 Å². The molecule has 0 saturated heterocycles.